The van der Waals surface area contributed by atoms with Crippen molar-refractivity contribution in [3.8, 4) is 0 Å². The van der Waals surface area contributed by atoms with Crippen LogP contribution in [0.1, 0.15) is 23.2 Å². The van der Waals surface area contributed by atoms with Gasteiger partial charge in [-0.25, -0.2) is 9.97 Å². The third-order valence-electron chi connectivity index (χ3n) is 6.31. The molecule has 11 heteroatoms. The highest BCUT2D eigenvalue weighted by Crippen LogP contribution is 2.27. The van der Waals surface area contributed by atoms with Gasteiger partial charge in [0, 0.05) is 64.8 Å². The van der Waals surface area contributed by atoms with E-state index in [1.807, 2.05) is 15.9 Å². The lowest BCUT2D eigenvalue weighted by Gasteiger charge is -2.36. The molecule has 5 heterocycles. The van der Waals surface area contributed by atoms with Gasteiger partial charge in [0.15, 0.2) is 0 Å². The van der Waals surface area contributed by atoms with Crippen LogP contribution in [0.25, 0.3) is 0 Å². The van der Waals surface area contributed by atoms with Crippen LogP contribution in [0.3, 0.4) is 0 Å². The van der Waals surface area contributed by atoms with Gasteiger partial charge in [0.2, 0.25) is 11.9 Å². The Balaban J connectivity index is 1.23. The molecule has 0 unspecified atom stereocenters. The Morgan fingerprint density at radius 1 is 0.970 bits per heavy atom. The maximum absolute atomic E-state index is 12.6. The number of carbonyl (C=O) groups is 2. The fourth-order valence-electron chi connectivity index (χ4n) is 4.50. The molecule has 0 aromatic carbocycles. The highest BCUT2D eigenvalue weighted by Gasteiger charge is 2.25. The lowest BCUT2D eigenvalue weighted by Crippen LogP contribution is -2.49. The number of hydrogen-bond acceptors (Lipinski definition) is 8. The van der Waals surface area contributed by atoms with Gasteiger partial charge >= 0.3 is 0 Å². The van der Waals surface area contributed by atoms with Crippen LogP contribution in [-0.2, 0) is 4.79 Å². The molecule has 3 saturated heterocycles. The molecular weight excluding hydrogens is 444 g/mol. The number of hydrogen-bond donors (Lipinski definition) is 1. The predicted molar refractivity (Wildman–Crippen MR) is 126 cm³/mol. The Hall–Kier alpha value is -3.14. The summed E-state index contributed by atoms with van der Waals surface area (Å²) in [5.41, 5.74) is 0.542. The largest absolute Gasteiger partial charge is 0.353 e. The Morgan fingerprint density at radius 3 is 2.45 bits per heavy atom. The van der Waals surface area contributed by atoms with Crippen LogP contribution in [0.5, 0.6) is 0 Å². The highest BCUT2D eigenvalue weighted by atomic mass is 35.5. The van der Waals surface area contributed by atoms with Crippen LogP contribution in [0.2, 0.25) is 5.02 Å². The summed E-state index contributed by atoms with van der Waals surface area (Å²) in [7, 11) is 0. The monoisotopic (exact) mass is 470 g/mol. The van der Waals surface area contributed by atoms with Gasteiger partial charge in [-0.05, 0) is 25.0 Å². The standard InChI is InChI=1S/C22H27ClN8O2/c23-17-13-16(21(33)29-6-1-2-7-29)14-26-20(17)28-9-11-30(12-10-28)22-25-4-3-18(27-22)31-8-5-24-19(32)15-31/h3-4,13-14H,1-2,5-12,15H2,(H,24,32). The van der Waals surface area contributed by atoms with Crippen molar-refractivity contribution in [2.45, 2.75) is 12.8 Å². The van der Waals surface area contributed by atoms with Gasteiger partial charge in [-0.15, -0.1) is 0 Å². The zero-order valence-corrected chi connectivity index (χ0v) is 19.2. The molecule has 3 aliphatic rings. The minimum absolute atomic E-state index is 0.00138. The zero-order chi connectivity index (χ0) is 22.8. The van der Waals surface area contributed by atoms with Crippen molar-refractivity contribution in [3.63, 3.8) is 0 Å². The van der Waals surface area contributed by atoms with E-state index in [9.17, 15) is 9.59 Å². The predicted octanol–water partition coefficient (Wildman–Crippen LogP) is 1.02. The number of nitrogens with zero attached hydrogens (tertiary/aromatic N) is 7. The van der Waals surface area contributed by atoms with Crippen molar-refractivity contribution in [1.82, 2.24) is 25.2 Å². The van der Waals surface area contributed by atoms with Crippen LogP contribution in [-0.4, -0.2) is 90.6 Å². The minimum Gasteiger partial charge on any atom is -0.353 e. The number of aromatic nitrogens is 3. The van der Waals surface area contributed by atoms with Gasteiger partial charge in [0.25, 0.3) is 5.91 Å². The Morgan fingerprint density at radius 2 is 1.73 bits per heavy atom. The smallest absolute Gasteiger partial charge is 0.255 e. The molecule has 2 aromatic heterocycles. The molecule has 0 atom stereocenters. The summed E-state index contributed by atoms with van der Waals surface area (Å²) in [4.78, 5) is 46.1. The third-order valence-corrected chi connectivity index (χ3v) is 6.59. The molecule has 1 N–H and O–H groups in total. The van der Waals surface area contributed by atoms with Gasteiger partial charge in [-0.3, -0.25) is 9.59 Å². The van der Waals surface area contributed by atoms with Crippen LogP contribution in [0.4, 0.5) is 17.6 Å². The van der Waals surface area contributed by atoms with Gasteiger partial charge in [0.05, 0.1) is 17.1 Å². The Kier molecular flexibility index (Phi) is 6.17. The van der Waals surface area contributed by atoms with Crippen LogP contribution in [0, 0.1) is 0 Å². The van der Waals surface area contributed by atoms with Gasteiger partial charge in [0.1, 0.15) is 11.6 Å². The molecule has 2 aromatic rings. The molecule has 0 radical (unpaired) electrons. The zero-order valence-electron chi connectivity index (χ0n) is 18.4. The van der Waals surface area contributed by atoms with E-state index in [1.165, 1.54) is 0 Å². The van der Waals surface area contributed by atoms with E-state index in [2.05, 4.69) is 25.1 Å². The Labute approximate surface area is 197 Å². The molecular formula is C22H27ClN8O2. The van der Waals surface area contributed by atoms with Gasteiger partial charge < -0.3 is 24.9 Å². The number of nitrogens with one attached hydrogen (secondary N) is 1. The summed E-state index contributed by atoms with van der Waals surface area (Å²) in [5.74, 6) is 2.13. The summed E-state index contributed by atoms with van der Waals surface area (Å²) < 4.78 is 0. The van der Waals surface area contributed by atoms with Crippen molar-refractivity contribution < 1.29 is 9.59 Å². The topological polar surface area (TPSA) is 97.8 Å². The molecule has 174 valence electrons. The number of pyridine rings is 1. The van der Waals surface area contributed by atoms with E-state index in [0.717, 1.165) is 51.4 Å². The van der Waals surface area contributed by atoms with Crippen LogP contribution in [0.15, 0.2) is 24.5 Å². The first-order chi connectivity index (χ1) is 16.1. The SMILES string of the molecule is O=C1CN(c2ccnc(N3CCN(c4ncc(C(=O)N5CCCC5)cc4Cl)CC3)n2)CCN1. The maximum Gasteiger partial charge on any atom is 0.255 e. The molecule has 3 aliphatic heterocycles. The minimum atomic E-state index is 0.00138. The first-order valence-electron chi connectivity index (χ1n) is 11.4. The number of anilines is 3. The van der Waals surface area contributed by atoms with Crippen molar-refractivity contribution >= 4 is 41.0 Å². The van der Waals surface area contributed by atoms with E-state index >= 15 is 0 Å². The molecule has 10 nitrogen and oxygen atoms in total. The molecule has 5 rings (SSSR count). The summed E-state index contributed by atoms with van der Waals surface area (Å²) in [6, 6.07) is 3.57. The summed E-state index contributed by atoms with van der Waals surface area (Å²) in [6.07, 6.45) is 5.48. The maximum atomic E-state index is 12.6. The van der Waals surface area contributed by atoms with E-state index < -0.39 is 0 Å². The van der Waals surface area contributed by atoms with E-state index in [1.54, 1.807) is 18.5 Å². The summed E-state index contributed by atoms with van der Waals surface area (Å²) in [6.45, 7) is 6.13. The molecule has 0 bridgehead atoms. The Bertz CT molecular complexity index is 1040. The van der Waals surface area contributed by atoms with Gasteiger partial charge in [-0.2, -0.15) is 4.98 Å². The number of rotatable bonds is 4. The van der Waals surface area contributed by atoms with Crippen LogP contribution < -0.4 is 20.0 Å². The molecule has 3 fully saturated rings. The molecule has 0 aliphatic carbocycles. The van der Waals surface area contributed by atoms with E-state index in [4.69, 9.17) is 16.6 Å². The van der Waals surface area contributed by atoms with Crippen LogP contribution >= 0.6 is 11.6 Å². The average molecular weight is 471 g/mol. The van der Waals surface area contributed by atoms with Crippen molar-refractivity contribution in [2.75, 3.05) is 73.6 Å². The quantitative estimate of drug-likeness (QED) is 0.707. The van der Waals surface area contributed by atoms with Crippen molar-refractivity contribution in [3.05, 3.63) is 35.1 Å². The number of amides is 2. The summed E-state index contributed by atoms with van der Waals surface area (Å²) in [5, 5.41) is 3.33. The number of likely N-dealkylation sites (tertiary alicyclic amines) is 1. The normalized spacial score (nSPS) is 19.1. The molecule has 0 saturated carbocycles. The molecule has 33 heavy (non-hydrogen) atoms. The highest BCUT2D eigenvalue weighted by molar-refractivity contribution is 6.33. The first kappa shape index (κ1) is 21.7. The second-order valence-electron chi connectivity index (χ2n) is 8.49. The first-order valence-corrected chi connectivity index (χ1v) is 11.8. The van der Waals surface area contributed by atoms with E-state index in [0.29, 0.717) is 48.5 Å². The fraction of sp³-hybridized carbons (Fsp3) is 0.500. The number of carbonyl (C=O) groups excluding carboxylic acids is 2. The second kappa shape index (κ2) is 9.38. The van der Waals surface area contributed by atoms with Crippen molar-refractivity contribution in [2.24, 2.45) is 0 Å². The number of piperazine rings is 2. The lowest BCUT2D eigenvalue weighted by atomic mass is 10.2. The summed E-state index contributed by atoms with van der Waals surface area (Å²) >= 11 is 6.53. The average Bonchev–Trinajstić information content (AvgIpc) is 3.39. The molecule has 2 amide bonds. The molecule has 0 spiro atoms. The number of halogens is 1. The second-order valence-corrected chi connectivity index (χ2v) is 8.90. The fourth-order valence-corrected chi connectivity index (χ4v) is 4.79. The lowest BCUT2D eigenvalue weighted by molar-refractivity contribution is -0.120. The third kappa shape index (κ3) is 4.66. The van der Waals surface area contributed by atoms with E-state index in [-0.39, 0.29) is 11.8 Å². The van der Waals surface area contributed by atoms with Crippen molar-refractivity contribution in [1.29, 1.82) is 0 Å². The van der Waals surface area contributed by atoms with Gasteiger partial charge in [-0.1, -0.05) is 11.6 Å².